The van der Waals surface area contributed by atoms with E-state index in [9.17, 15) is 0 Å². The van der Waals surface area contributed by atoms with Gasteiger partial charge >= 0.3 is 0 Å². The molecule has 136 valence electrons. The molecule has 0 aliphatic carbocycles. The van der Waals surface area contributed by atoms with E-state index in [1.807, 2.05) is 11.3 Å². The molecule has 1 unspecified atom stereocenters. The fourth-order valence-electron chi connectivity index (χ4n) is 3.70. The standard InChI is InChI=1S/C22H24BrNOS/c1-16-7-8-18(21(23)12-16)13-24(15-20-6-3-10-25-20)14-19-5-2-4-17-9-11-26-22(17)19/h2,4-5,7-9,11-12,20H,3,6,10,13-15H2,1H3. The van der Waals surface area contributed by atoms with Crippen LogP contribution in [0.1, 0.15) is 29.5 Å². The van der Waals surface area contributed by atoms with Crippen LogP contribution in [0.3, 0.4) is 0 Å². The van der Waals surface area contributed by atoms with Gasteiger partial charge in [-0.1, -0.05) is 46.3 Å². The number of ether oxygens (including phenoxy) is 1. The zero-order chi connectivity index (χ0) is 17.9. The van der Waals surface area contributed by atoms with Crippen LogP contribution < -0.4 is 0 Å². The molecular weight excluding hydrogens is 406 g/mol. The Balaban J connectivity index is 1.58. The van der Waals surface area contributed by atoms with E-state index < -0.39 is 0 Å². The normalized spacial score (nSPS) is 17.4. The molecule has 0 saturated carbocycles. The van der Waals surface area contributed by atoms with Crippen LogP contribution in [0.5, 0.6) is 0 Å². The van der Waals surface area contributed by atoms with Crippen LogP contribution in [-0.2, 0) is 17.8 Å². The number of rotatable bonds is 6. The molecule has 2 aromatic carbocycles. The molecule has 1 aliphatic heterocycles. The van der Waals surface area contributed by atoms with E-state index in [4.69, 9.17) is 4.74 Å². The Hall–Kier alpha value is -1.20. The molecule has 0 bridgehead atoms. The summed E-state index contributed by atoms with van der Waals surface area (Å²) in [6.07, 6.45) is 2.73. The van der Waals surface area contributed by atoms with Crippen LogP contribution >= 0.6 is 27.3 Å². The van der Waals surface area contributed by atoms with E-state index >= 15 is 0 Å². The first-order valence-electron chi connectivity index (χ1n) is 9.23. The summed E-state index contributed by atoms with van der Waals surface area (Å²) in [5.74, 6) is 0. The van der Waals surface area contributed by atoms with Gasteiger partial charge in [0.1, 0.15) is 0 Å². The van der Waals surface area contributed by atoms with Crippen molar-refractivity contribution in [3.05, 3.63) is 69.0 Å². The molecule has 26 heavy (non-hydrogen) atoms. The number of thiophene rings is 1. The molecule has 1 aromatic heterocycles. The molecule has 4 rings (SSSR count). The molecule has 1 fully saturated rings. The number of nitrogens with zero attached hydrogens (tertiary/aromatic N) is 1. The fraction of sp³-hybridized carbons (Fsp3) is 0.364. The Morgan fingerprint density at radius 3 is 2.85 bits per heavy atom. The van der Waals surface area contributed by atoms with Gasteiger partial charge in [0.25, 0.3) is 0 Å². The van der Waals surface area contributed by atoms with E-state index in [0.717, 1.165) is 26.2 Å². The first-order chi connectivity index (χ1) is 12.7. The largest absolute Gasteiger partial charge is 0.377 e. The van der Waals surface area contributed by atoms with E-state index in [-0.39, 0.29) is 0 Å². The van der Waals surface area contributed by atoms with Crippen molar-refractivity contribution in [3.8, 4) is 0 Å². The van der Waals surface area contributed by atoms with Crippen molar-refractivity contribution in [3.63, 3.8) is 0 Å². The maximum absolute atomic E-state index is 5.93. The molecule has 0 spiro atoms. The zero-order valence-corrected chi connectivity index (χ0v) is 17.5. The Kier molecular flexibility index (Phi) is 5.75. The fourth-order valence-corrected chi connectivity index (χ4v) is 5.23. The van der Waals surface area contributed by atoms with Crippen molar-refractivity contribution in [2.24, 2.45) is 0 Å². The molecule has 1 saturated heterocycles. The Labute approximate surface area is 167 Å². The maximum atomic E-state index is 5.93. The summed E-state index contributed by atoms with van der Waals surface area (Å²) in [5.41, 5.74) is 4.04. The topological polar surface area (TPSA) is 12.5 Å². The predicted octanol–water partition coefficient (Wildman–Crippen LogP) is 6.15. The van der Waals surface area contributed by atoms with Gasteiger partial charge in [-0.25, -0.2) is 0 Å². The Morgan fingerprint density at radius 2 is 2.04 bits per heavy atom. The molecular formula is C22H24BrNOS. The van der Waals surface area contributed by atoms with Crippen molar-refractivity contribution in [1.82, 2.24) is 4.90 Å². The van der Waals surface area contributed by atoms with Gasteiger partial charge in [-0.15, -0.1) is 11.3 Å². The minimum atomic E-state index is 0.363. The summed E-state index contributed by atoms with van der Waals surface area (Å²) in [4.78, 5) is 2.54. The number of hydrogen-bond acceptors (Lipinski definition) is 3. The lowest BCUT2D eigenvalue weighted by atomic mass is 10.1. The molecule has 1 atom stereocenters. The molecule has 2 nitrogen and oxygen atoms in total. The van der Waals surface area contributed by atoms with Crippen LogP contribution in [0.4, 0.5) is 0 Å². The van der Waals surface area contributed by atoms with Crippen LogP contribution in [0, 0.1) is 6.92 Å². The van der Waals surface area contributed by atoms with Gasteiger partial charge in [-0.2, -0.15) is 0 Å². The van der Waals surface area contributed by atoms with Gasteiger partial charge in [0.2, 0.25) is 0 Å². The lowest BCUT2D eigenvalue weighted by Gasteiger charge is -2.26. The van der Waals surface area contributed by atoms with Crippen LogP contribution in [0.15, 0.2) is 52.3 Å². The summed E-state index contributed by atoms with van der Waals surface area (Å²) in [7, 11) is 0. The van der Waals surface area contributed by atoms with Crippen molar-refractivity contribution in [2.45, 2.75) is 39.0 Å². The molecule has 0 amide bonds. The molecule has 3 aromatic rings. The first-order valence-corrected chi connectivity index (χ1v) is 10.9. The minimum absolute atomic E-state index is 0.363. The smallest absolute Gasteiger partial charge is 0.0703 e. The monoisotopic (exact) mass is 429 g/mol. The highest BCUT2D eigenvalue weighted by Crippen LogP contribution is 2.28. The summed E-state index contributed by atoms with van der Waals surface area (Å²) in [5, 5.41) is 3.54. The van der Waals surface area contributed by atoms with Crippen LogP contribution in [0.2, 0.25) is 0 Å². The zero-order valence-electron chi connectivity index (χ0n) is 15.1. The molecule has 4 heteroatoms. The van der Waals surface area contributed by atoms with Crippen LogP contribution in [0.25, 0.3) is 10.1 Å². The number of halogens is 1. The van der Waals surface area contributed by atoms with E-state index in [1.54, 1.807) is 0 Å². The number of benzene rings is 2. The minimum Gasteiger partial charge on any atom is -0.377 e. The van der Waals surface area contributed by atoms with Crippen molar-refractivity contribution in [1.29, 1.82) is 0 Å². The van der Waals surface area contributed by atoms with Gasteiger partial charge in [0, 0.05) is 35.4 Å². The SMILES string of the molecule is Cc1ccc(CN(Cc2cccc3ccsc23)CC2CCCO2)c(Br)c1. The third-order valence-corrected chi connectivity index (χ3v) is 6.79. The summed E-state index contributed by atoms with van der Waals surface area (Å²) in [6.45, 7) is 5.92. The van der Waals surface area contributed by atoms with Crippen molar-refractivity contribution < 1.29 is 4.74 Å². The van der Waals surface area contributed by atoms with Gasteiger partial charge in [-0.3, -0.25) is 4.90 Å². The quantitative estimate of drug-likeness (QED) is 0.465. The Morgan fingerprint density at radius 1 is 1.15 bits per heavy atom. The molecule has 2 heterocycles. The van der Waals surface area contributed by atoms with Crippen LogP contribution in [-0.4, -0.2) is 24.2 Å². The highest BCUT2D eigenvalue weighted by molar-refractivity contribution is 9.10. The van der Waals surface area contributed by atoms with Gasteiger partial charge in [0.05, 0.1) is 6.10 Å². The average molecular weight is 430 g/mol. The third-order valence-electron chi connectivity index (χ3n) is 5.04. The second kappa shape index (κ2) is 8.22. The van der Waals surface area contributed by atoms with E-state index in [1.165, 1.54) is 44.1 Å². The lowest BCUT2D eigenvalue weighted by Crippen LogP contribution is -2.31. The highest BCUT2D eigenvalue weighted by Gasteiger charge is 2.21. The van der Waals surface area contributed by atoms with Crippen molar-refractivity contribution >= 4 is 37.4 Å². The maximum Gasteiger partial charge on any atom is 0.0703 e. The summed E-state index contributed by atoms with van der Waals surface area (Å²) < 4.78 is 8.54. The number of aryl methyl sites for hydroxylation is 1. The first kappa shape index (κ1) is 18.2. The summed E-state index contributed by atoms with van der Waals surface area (Å²) >= 11 is 5.59. The second-order valence-electron chi connectivity index (χ2n) is 7.16. The van der Waals surface area contributed by atoms with E-state index in [2.05, 4.69) is 75.6 Å². The average Bonchev–Trinajstić information content (AvgIpc) is 3.29. The molecule has 1 aliphatic rings. The number of hydrogen-bond donors (Lipinski definition) is 0. The third kappa shape index (κ3) is 4.20. The predicted molar refractivity (Wildman–Crippen MR) is 114 cm³/mol. The summed E-state index contributed by atoms with van der Waals surface area (Å²) in [6, 6.07) is 15.5. The van der Waals surface area contributed by atoms with E-state index in [0.29, 0.717) is 6.10 Å². The Bertz CT molecular complexity index is 885. The highest BCUT2D eigenvalue weighted by atomic mass is 79.9. The van der Waals surface area contributed by atoms with Gasteiger partial charge in [0.15, 0.2) is 0 Å². The van der Waals surface area contributed by atoms with Gasteiger partial charge in [-0.05, 0) is 59.4 Å². The second-order valence-corrected chi connectivity index (χ2v) is 8.93. The van der Waals surface area contributed by atoms with Gasteiger partial charge < -0.3 is 4.74 Å². The lowest BCUT2D eigenvalue weighted by molar-refractivity contribution is 0.0680. The molecule has 0 radical (unpaired) electrons. The molecule has 0 N–H and O–H groups in total. The number of fused-ring (bicyclic) bond motifs is 1. The van der Waals surface area contributed by atoms with Crippen molar-refractivity contribution in [2.75, 3.05) is 13.2 Å².